The van der Waals surface area contributed by atoms with Gasteiger partial charge in [-0.25, -0.2) is 0 Å². The van der Waals surface area contributed by atoms with Crippen LogP contribution in [0.15, 0.2) is 53.7 Å². The Kier molecular flexibility index (Phi) is 5.52. The summed E-state index contributed by atoms with van der Waals surface area (Å²) in [5.74, 6) is 0.119. The van der Waals surface area contributed by atoms with Gasteiger partial charge in [-0.2, -0.15) is 4.68 Å². The number of benzene rings is 2. The third-order valence-electron chi connectivity index (χ3n) is 3.69. The molecule has 0 atom stereocenters. The van der Waals surface area contributed by atoms with Gasteiger partial charge in [0.1, 0.15) is 0 Å². The average Bonchev–Trinajstić information content (AvgIpc) is 3.09. The molecule has 0 saturated carbocycles. The van der Waals surface area contributed by atoms with Crippen LogP contribution >= 0.6 is 11.8 Å². The molecule has 8 heteroatoms. The first-order valence-corrected chi connectivity index (χ1v) is 9.07. The van der Waals surface area contributed by atoms with Gasteiger partial charge in [-0.1, -0.05) is 23.9 Å². The molecule has 1 amide bonds. The summed E-state index contributed by atoms with van der Waals surface area (Å²) in [5.41, 5.74) is 3.83. The van der Waals surface area contributed by atoms with Gasteiger partial charge in [0.25, 0.3) is 0 Å². The van der Waals surface area contributed by atoms with Gasteiger partial charge in [-0.3, -0.25) is 4.79 Å². The van der Waals surface area contributed by atoms with Crippen molar-refractivity contribution in [2.45, 2.75) is 12.1 Å². The Labute approximate surface area is 156 Å². The number of thioether (sulfide) groups is 1. The first-order chi connectivity index (χ1) is 12.5. The molecule has 1 heterocycles. The van der Waals surface area contributed by atoms with Crippen LogP contribution in [0.5, 0.6) is 0 Å². The van der Waals surface area contributed by atoms with E-state index < -0.39 is 0 Å². The molecule has 3 rings (SSSR count). The number of hydrogen-bond donors (Lipinski definition) is 1. The van der Waals surface area contributed by atoms with Crippen molar-refractivity contribution in [1.82, 2.24) is 20.2 Å². The number of aryl methyl sites for hydroxylation is 1. The second kappa shape index (κ2) is 8.01. The summed E-state index contributed by atoms with van der Waals surface area (Å²) in [5, 5.41) is 15.2. The average molecular weight is 368 g/mol. The Morgan fingerprint density at radius 2 is 1.96 bits per heavy atom. The minimum Gasteiger partial charge on any atom is -0.378 e. The van der Waals surface area contributed by atoms with E-state index in [0.29, 0.717) is 5.16 Å². The molecule has 0 spiro atoms. The predicted octanol–water partition coefficient (Wildman–Crippen LogP) is 2.77. The molecule has 0 unspecified atom stereocenters. The fraction of sp³-hybridized carbons (Fsp3) is 0.222. The maximum absolute atomic E-state index is 12.2. The lowest BCUT2D eigenvalue weighted by Gasteiger charge is -2.13. The normalized spacial score (nSPS) is 10.6. The lowest BCUT2D eigenvalue weighted by Crippen LogP contribution is -2.15. The van der Waals surface area contributed by atoms with Crippen molar-refractivity contribution in [3.05, 3.63) is 54.1 Å². The molecule has 0 radical (unpaired) electrons. The lowest BCUT2D eigenvalue weighted by atomic mass is 10.2. The molecule has 0 aliphatic rings. The zero-order valence-corrected chi connectivity index (χ0v) is 15.7. The Hall–Kier alpha value is -2.87. The number of hydrogen-bond acceptors (Lipinski definition) is 6. The highest BCUT2D eigenvalue weighted by Gasteiger charge is 2.12. The minimum absolute atomic E-state index is 0.105. The third-order valence-corrected chi connectivity index (χ3v) is 4.61. The Balaban J connectivity index is 1.61. The fourth-order valence-corrected chi connectivity index (χ4v) is 3.05. The van der Waals surface area contributed by atoms with Gasteiger partial charge >= 0.3 is 0 Å². The summed E-state index contributed by atoms with van der Waals surface area (Å²) in [6.07, 6.45) is 0. The number of rotatable bonds is 6. The van der Waals surface area contributed by atoms with E-state index >= 15 is 0 Å². The Morgan fingerprint density at radius 1 is 1.19 bits per heavy atom. The molecule has 2 aromatic carbocycles. The predicted molar refractivity (Wildman–Crippen MR) is 104 cm³/mol. The van der Waals surface area contributed by atoms with Crippen molar-refractivity contribution < 1.29 is 4.79 Å². The van der Waals surface area contributed by atoms with Crippen LogP contribution in [0.25, 0.3) is 5.69 Å². The number of amides is 1. The Morgan fingerprint density at radius 3 is 2.65 bits per heavy atom. The van der Waals surface area contributed by atoms with Crippen LogP contribution in [0.4, 0.5) is 11.4 Å². The molecule has 3 aromatic rings. The summed E-state index contributed by atoms with van der Waals surface area (Å²) in [4.78, 5) is 14.2. The number of nitrogens with one attached hydrogen (secondary N) is 1. The zero-order chi connectivity index (χ0) is 18.5. The van der Waals surface area contributed by atoms with E-state index in [9.17, 15) is 4.79 Å². The summed E-state index contributed by atoms with van der Waals surface area (Å²) in [6.45, 7) is 2.01. The molecule has 0 aliphatic heterocycles. The van der Waals surface area contributed by atoms with Crippen LogP contribution in [-0.2, 0) is 4.79 Å². The van der Waals surface area contributed by atoms with Crippen LogP contribution < -0.4 is 10.2 Å². The van der Waals surface area contributed by atoms with E-state index in [2.05, 4.69) is 20.8 Å². The van der Waals surface area contributed by atoms with Crippen LogP contribution in [-0.4, -0.2) is 46.0 Å². The van der Waals surface area contributed by atoms with E-state index in [1.54, 1.807) is 4.68 Å². The number of tetrazole rings is 1. The summed E-state index contributed by atoms with van der Waals surface area (Å²) in [7, 11) is 3.95. The molecule has 7 nitrogen and oxygen atoms in total. The SMILES string of the molecule is Cc1cccc(-n2nnnc2SCC(=O)Nc2ccc(N(C)C)cc2)c1. The molecule has 1 aromatic heterocycles. The van der Waals surface area contributed by atoms with Gasteiger partial charge in [0.15, 0.2) is 0 Å². The third kappa shape index (κ3) is 4.40. The minimum atomic E-state index is -0.105. The van der Waals surface area contributed by atoms with Crippen molar-refractivity contribution in [2.24, 2.45) is 0 Å². The molecule has 134 valence electrons. The van der Waals surface area contributed by atoms with E-state index in [4.69, 9.17) is 0 Å². The molecule has 0 fully saturated rings. The second-order valence-corrected chi connectivity index (χ2v) is 6.93. The van der Waals surface area contributed by atoms with Gasteiger partial charge < -0.3 is 10.2 Å². The first-order valence-electron chi connectivity index (χ1n) is 8.08. The second-order valence-electron chi connectivity index (χ2n) is 5.99. The number of carbonyl (C=O) groups is 1. The van der Waals surface area contributed by atoms with Crippen molar-refractivity contribution in [2.75, 3.05) is 30.1 Å². The number of nitrogens with zero attached hydrogens (tertiary/aromatic N) is 5. The topological polar surface area (TPSA) is 75.9 Å². The number of aromatic nitrogens is 4. The van der Waals surface area contributed by atoms with E-state index in [1.165, 1.54) is 11.8 Å². The van der Waals surface area contributed by atoms with Gasteiger partial charge in [0.2, 0.25) is 11.1 Å². The molecule has 26 heavy (non-hydrogen) atoms. The van der Waals surface area contributed by atoms with Gasteiger partial charge in [-0.05, 0) is 59.3 Å². The fourth-order valence-electron chi connectivity index (χ4n) is 2.36. The highest BCUT2D eigenvalue weighted by Crippen LogP contribution is 2.20. The summed E-state index contributed by atoms with van der Waals surface area (Å²) in [6, 6.07) is 15.6. The Bertz CT molecular complexity index is 891. The number of carbonyl (C=O) groups excluding carboxylic acids is 1. The lowest BCUT2D eigenvalue weighted by molar-refractivity contribution is -0.113. The van der Waals surface area contributed by atoms with E-state index in [1.807, 2.05) is 74.4 Å². The van der Waals surface area contributed by atoms with Crippen molar-refractivity contribution in [3.8, 4) is 5.69 Å². The highest BCUT2D eigenvalue weighted by molar-refractivity contribution is 7.99. The van der Waals surface area contributed by atoms with Gasteiger partial charge in [0.05, 0.1) is 11.4 Å². The van der Waals surface area contributed by atoms with Crippen molar-refractivity contribution in [3.63, 3.8) is 0 Å². The van der Waals surface area contributed by atoms with Crippen molar-refractivity contribution in [1.29, 1.82) is 0 Å². The summed E-state index contributed by atoms with van der Waals surface area (Å²) < 4.78 is 1.64. The molecular weight excluding hydrogens is 348 g/mol. The molecule has 0 bridgehead atoms. The van der Waals surface area contributed by atoms with Crippen LogP contribution in [0.1, 0.15) is 5.56 Å². The quantitative estimate of drug-likeness (QED) is 0.674. The smallest absolute Gasteiger partial charge is 0.234 e. The molecule has 1 N–H and O–H groups in total. The molecular formula is C18H20N6OS. The maximum Gasteiger partial charge on any atom is 0.234 e. The van der Waals surface area contributed by atoms with E-state index in [-0.39, 0.29) is 11.7 Å². The highest BCUT2D eigenvalue weighted by atomic mass is 32.2. The van der Waals surface area contributed by atoms with Gasteiger partial charge in [0, 0.05) is 25.5 Å². The maximum atomic E-state index is 12.2. The van der Waals surface area contributed by atoms with E-state index in [0.717, 1.165) is 22.6 Å². The molecule has 0 saturated heterocycles. The summed E-state index contributed by atoms with van der Waals surface area (Å²) >= 11 is 1.30. The standard InChI is InChI=1S/C18H20N6OS/c1-13-5-4-6-16(11-13)24-18(20-21-22-24)26-12-17(25)19-14-7-9-15(10-8-14)23(2)3/h4-11H,12H2,1-3H3,(H,19,25). The van der Waals surface area contributed by atoms with Crippen molar-refractivity contribution >= 4 is 29.0 Å². The van der Waals surface area contributed by atoms with Crippen LogP contribution in [0.2, 0.25) is 0 Å². The first kappa shape index (κ1) is 17.9. The van der Waals surface area contributed by atoms with Crippen LogP contribution in [0.3, 0.4) is 0 Å². The molecule has 0 aliphatic carbocycles. The number of anilines is 2. The van der Waals surface area contributed by atoms with Gasteiger partial charge in [-0.15, -0.1) is 5.10 Å². The monoisotopic (exact) mass is 368 g/mol. The zero-order valence-electron chi connectivity index (χ0n) is 14.9. The largest absolute Gasteiger partial charge is 0.378 e. The van der Waals surface area contributed by atoms with Crippen LogP contribution in [0, 0.1) is 6.92 Å².